The Bertz CT molecular complexity index is 3010. The van der Waals surface area contributed by atoms with Gasteiger partial charge in [-0.25, -0.2) is 0 Å². The maximum atomic E-state index is 6.06. The van der Waals surface area contributed by atoms with Gasteiger partial charge in [-0.15, -0.1) is 11.3 Å². The Kier molecular flexibility index (Phi) is 6.62. The summed E-state index contributed by atoms with van der Waals surface area (Å²) >= 11 is 1.93. The zero-order valence-corrected chi connectivity index (χ0v) is 29.1. The van der Waals surface area contributed by atoms with E-state index in [-0.39, 0.29) is 11.8 Å². The Hall–Kier alpha value is -6.22. The second-order valence-electron chi connectivity index (χ2n) is 13.9. The van der Waals surface area contributed by atoms with E-state index in [1.54, 1.807) is 6.26 Å². The summed E-state index contributed by atoms with van der Waals surface area (Å²) in [7, 11) is 0. The van der Waals surface area contributed by atoms with Gasteiger partial charge in [0, 0.05) is 37.6 Å². The van der Waals surface area contributed by atoms with Crippen molar-refractivity contribution in [2.24, 2.45) is 11.8 Å². The molecule has 52 heavy (non-hydrogen) atoms. The Morgan fingerprint density at radius 3 is 1.71 bits per heavy atom. The zero-order chi connectivity index (χ0) is 34.2. The summed E-state index contributed by atoms with van der Waals surface area (Å²) in [5, 5.41) is 10.3. The largest absolute Gasteiger partial charge is 0.465 e. The highest BCUT2D eigenvalue weighted by Gasteiger charge is 2.33. The van der Waals surface area contributed by atoms with Crippen LogP contribution in [-0.4, -0.2) is 0 Å². The van der Waals surface area contributed by atoms with Crippen molar-refractivity contribution in [3.63, 3.8) is 0 Å². The molecule has 2 heterocycles. The molecule has 0 aliphatic heterocycles. The molecule has 0 fully saturated rings. The molecule has 0 radical (unpaired) electrons. The molecule has 9 aromatic rings. The first kappa shape index (κ1) is 29.5. The van der Waals surface area contributed by atoms with E-state index in [9.17, 15) is 0 Å². The van der Waals surface area contributed by atoms with Crippen molar-refractivity contribution in [1.29, 1.82) is 0 Å². The summed E-state index contributed by atoms with van der Waals surface area (Å²) in [6, 6.07) is 55.7. The smallest absolute Gasteiger partial charge is 0.131 e. The van der Waals surface area contributed by atoms with E-state index in [4.69, 9.17) is 4.42 Å². The van der Waals surface area contributed by atoms with Crippen molar-refractivity contribution < 1.29 is 4.42 Å². The molecule has 0 saturated carbocycles. The quantitative estimate of drug-likeness (QED) is 0.169. The summed E-state index contributed by atoms with van der Waals surface area (Å²) in [5.74, 6) is 1.34. The average Bonchev–Trinajstić information content (AvgIpc) is 3.88. The number of hydrogen-bond acceptors (Lipinski definition) is 2. The molecule has 244 valence electrons. The number of furan rings is 1. The minimum absolute atomic E-state index is 0.192. The van der Waals surface area contributed by atoms with Gasteiger partial charge in [0.25, 0.3) is 0 Å². The zero-order valence-electron chi connectivity index (χ0n) is 28.3. The van der Waals surface area contributed by atoms with Crippen molar-refractivity contribution in [2.75, 3.05) is 0 Å². The third kappa shape index (κ3) is 4.35. The number of hydrogen-bond donors (Lipinski definition) is 0. The Balaban J connectivity index is 1.17. The van der Waals surface area contributed by atoms with Gasteiger partial charge in [-0.1, -0.05) is 158 Å². The maximum Gasteiger partial charge on any atom is 0.131 e. The standard InChI is InChI=1S/C50H32OS/c1-2-14-31(15-3-1)46-34-16-4-6-18-36(34)47(37-19-7-5-17-35(37)46)32-27-28-33-42-24-12-25-43(50(42)52-45(33)30-32)48-38-20-8-10-22-40(38)49(44-26-13-29-51-44)41-23-11-9-21-39(41)48/h1-30,38,40H. The molecule has 1 nitrogen and oxygen atoms in total. The average molecular weight is 681 g/mol. The first-order chi connectivity index (χ1) is 25.8. The van der Waals surface area contributed by atoms with Gasteiger partial charge in [0.2, 0.25) is 0 Å². The van der Waals surface area contributed by atoms with E-state index < -0.39 is 0 Å². The van der Waals surface area contributed by atoms with Crippen molar-refractivity contribution in [2.45, 2.75) is 0 Å². The highest BCUT2D eigenvalue weighted by atomic mass is 32.1. The van der Waals surface area contributed by atoms with Crippen LogP contribution in [0.25, 0.3) is 75.1 Å². The van der Waals surface area contributed by atoms with E-state index in [0.717, 1.165) is 5.76 Å². The molecule has 2 heteroatoms. The van der Waals surface area contributed by atoms with E-state index in [1.807, 2.05) is 17.4 Å². The highest BCUT2D eigenvalue weighted by Crippen LogP contribution is 2.47. The lowest BCUT2D eigenvalue weighted by molar-refractivity contribution is 0.537. The first-order valence-electron chi connectivity index (χ1n) is 18.0. The molecule has 0 saturated heterocycles. The maximum absolute atomic E-state index is 6.06. The van der Waals surface area contributed by atoms with Crippen molar-refractivity contribution in [3.05, 3.63) is 204 Å². The fourth-order valence-corrected chi connectivity index (χ4v) is 10.3. The summed E-state index contributed by atoms with van der Waals surface area (Å²) in [4.78, 5) is 0. The monoisotopic (exact) mass is 680 g/mol. The Labute approximate surface area is 305 Å². The van der Waals surface area contributed by atoms with Crippen LogP contribution in [0.3, 0.4) is 0 Å². The van der Waals surface area contributed by atoms with Gasteiger partial charge in [-0.2, -0.15) is 0 Å². The second kappa shape index (κ2) is 11.7. The van der Waals surface area contributed by atoms with Gasteiger partial charge in [0.05, 0.1) is 6.26 Å². The molecule has 2 aromatic heterocycles. The minimum Gasteiger partial charge on any atom is -0.465 e. The molecular formula is C50H32OS. The molecule has 2 aliphatic carbocycles. The number of thiophene rings is 1. The third-order valence-corrected chi connectivity index (χ3v) is 12.4. The Morgan fingerprint density at radius 2 is 1.04 bits per heavy atom. The van der Waals surface area contributed by atoms with Gasteiger partial charge in [-0.3, -0.25) is 0 Å². The lowest BCUT2D eigenvalue weighted by Crippen LogP contribution is -2.40. The molecule has 0 spiro atoms. The molecule has 2 atom stereocenters. The normalized spacial score (nSPS) is 16.6. The van der Waals surface area contributed by atoms with Crippen LogP contribution in [0.15, 0.2) is 187 Å². The predicted molar refractivity (Wildman–Crippen MR) is 220 cm³/mol. The van der Waals surface area contributed by atoms with Gasteiger partial charge >= 0.3 is 0 Å². The van der Waals surface area contributed by atoms with Crippen LogP contribution >= 0.6 is 11.3 Å². The molecule has 0 N–H and O–H groups in total. The highest BCUT2D eigenvalue weighted by molar-refractivity contribution is 7.26. The van der Waals surface area contributed by atoms with Gasteiger partial charge in [0.1, 0.15) is 5.76 Å². The number of allylic oxidation sites excluding steroid dienone is 4. The van der Waals surface area contributed by atoms with Crippen LogP contribution in [0.5, 0.6) is 0 Å². The SMILES string of the molecule is C1=CC2C(c3ccco3)=c3ccccc3=C(c3cccc4c3sc3cc(-c5c6ccccc6c(-c6ccccc6)c6ccccc56)ccc34)C2C=C1. The van der Waals surface area contributed by atoms with Gasteiger partial charge in [0.15, 0.2) is 0 Å². The molecule has 7 aromatic carbocycles. The minimum atomic E-state index is 0.192. The second-order valence-corrected chi connectivity index (χ2v) is 14.9. The van der Waals surface area contributed by atoms with Crippen molar-refractivity contribution in [3.8, 4) is 22.3 Å². The fraction of sp³-hybridized carbons (Fsp3) is 0.0400. The molecule has 0 bridgehead atoms. The van der Waals surface area contributed by atoms with Gasteiger partial charge in [-0.05, 0) is 83.6 Å². The lowest BCUT2D eigenvalue weighted by Gasteiger charge is -2.32. The number of fused-ring (bicyclic) bond motifs is 7. The fourth-order valence-electron chi connectivity index (χ4n) is 9.05. The molecule has 2 aliphatic rings. The van der Waals surface area contributed by atoms with Crippen molar-refractivity contribution in [1.82, 2.24) is 0 Å². The van der Waals surface area contributed by atoms with E-state index in [2.05, 4.69) is 170 Å². The molecule has 11 rings (SSSR count). The molecular weight excluding hydrogens is 649 g/mol. The van der Waals surface area contributed by atoms with E-state index in [0.29, 0.717) is 0 Å². The van der Waals surface area contributed by atoms with Crippen LogP contribution in [0.4, 0.5) is 0 Å². The summed E-state index contributed by atoms with van der Waals surface area (Å²) in [5.41, 5.74) is 9.07. The summed E-state index contributed by atoms with van der Waals surface area (Å²) < 4.78 is 8.71. The lowest BCUT2D eigenvalue weighted by atomic mass is 9.71. The van der Waals surface area contributed by atoms with Crippen LogP contribution < -0.4 is 10.4 Å². The van der Waals surface area contributed by atoms with E-state index >= 15 is 0 Å². The topological polar surface area (TPSA) is 13.1 Å². The van der Waals surface area contributed by atoms with Crippen LogP contribution in [0, 0.1) is 11.8 Å². The number of benzene rings is 7. The van der Waals surface area contributed by atoms with Gasteiger partial charge < -0.3 is 4.42 Å². The predicted octanol–water partition coefficient (Wildman–Crippen LogP) is 12.1. The van der Waals surface area contributed by atoms with Crippen molar-refractivity contribution >= 4 is 64.2 Å². The number of rotatable bonds is 4. The molecule has 2 unspecified atom stereocenters. The third-order valence-electron chi connectivity index (χ3n) is 11.2. The van der Waals surface area contributed by atoms with Crippen LogP contribution in [0.1, 0.15) is 11.3 Å². The van der Waals surface area contributed by atoms with E-state index in [1.165, 1.54) is 91.1 Å². The first-order valence-corrected chi connectivity index (χ1v) is 18.8. The van der Waals surface area contributed by atoms with Crippen LogP contribution in [0.2, 0.25) is 0 Å². The molecule has 0 amide bonds. The summed E-state index contributed by atoms with van der Waals surface area (Å²) in [6.07, 6.45) is 10.9. The Morgan fingerprint density at radius 1 is 0.442 bits per heavy atom. The van der Waals surface area contributed by atoms with Crippen LogP contribution in [-0.2, 0) is 0 Å². The summed E-state index contributed by atoms with van der Waals surface area (Å²) in [6.45, 7) is 0.